The predicted octanol–water partition coefficient (Wildman–Crippen LogP) is 4.60. The van der Waals surface area contributed by atoms with Gasteiger partial charge < -0.3 is 0 Å². The molecule has 1 amide bonds. The average molecular weight is 427 g/mol. The van der Waals surface area contributed by atoms with E-state index < -0.39 is 0 Å². The van der Waals surface area contributed by atoms with E-state index in [4.69, 9.17) is 11.6 Å². The number of imidazole rings is 1. The van der Waals surface area contributed by atoms with Gasteiger partial charge in [-0.25, -0.2) is 9.97 Å². The molecule has 0 radical (unpaired) electrons. The number of hydrogen-bond acceptors (Lipinski definition) is 4. The number of carbonyl (C=O) groups is 1. The Morgan fingerprint density at radius 3 is 2.65 bits per heavy atom. The number of anilines is 1. The number of benzene rings is 1. The highest BCUT2D eigenvalue weighted by molar-refractivity contribution is 6.30. The predicted molar refractivity (Wildman–Crippen MR) is 118 cm³/mol. The molecule has 1 N–H and O–H groups in total. The van der Waals surface area contributed by atoms with E-state index in [-0.39, 0.29) is 5.91 Å². The van der Waals surface area contributed by atoms with Crippen LogP contribution in [0.4, 0.5) is 5.82 Å². The van der Waals surface area contributed by atoms with Gasteiger partial charge in [0, 0.05) is 40.8 Å². The quantitative estimate of drug-likeness (QED) is 0.457. The smallest absolute Gasteiger partial charge is 0.260 e. The first-order valence-electron chi connectivity index (χ1n) is 9.70. The van der Waals surface area contributed by atoms with Crippen LogP contribution in [0.1, 0.15) is 15.9 Å². The summed E-state index contributed by atoms with van der Waals surface area (Å²) in [7, 11) is 0. The molecule has 0 aliphatic carbocycles. The van der Waals surface area contributed by atoms with E-state index in [2.05, 4.69) is 30.6 Å². The lowest BCUT2D eigenvalue weighted by Crippen LogP contribution is -2.23. The minimum absolute atomic E-state index is 0.0586. The van der Waals surface area contributed by atoms with E-state index >= 15 is 0 Å². The number of nitrogens with zero attached hydrogens (tertiary/aromatic N) is 5. The number of carbonyl (C=O) groups excluding carboxylic acids is 1. The average Bonchev–Trinajstić information content (AvgIpc) is 3.53. The number of hydrogen-bond donors (Lipinski definition) is 1. The third-order valence-electron chi connectivity index (χ3n) is 5.53. The lowest BCUT2D eigenvalue weighted by molar-refractivity contribution is 0.0996. The molecular weight excluding hydrogens is 412 g/mol. The molecule has 0 saturated heterocycles. The molecular formula is C23H15ClN6O. The molecule has 1 aliphatic rings. The fourth-order valence-electron chi connectivity index (χ4n) is 3.97. The van der Waals surface area contributed by atoms with Gasteiger partial charge in [-0.2, -0.15) is 5.10 Å². The summed E-state index contributed by atoms with van der Waals surface area (Å²) >= 11 is 5.93. The van der Waals surface area contributed by atoms with E-state index in [0.717, 1.165) is 33.6 Å². The summed E-state index contributed by atoms with van der Waals surface area (Å²) in [5.74, 6) is 0.531. The fourth-order valence-corrected chi connectivity index (χ4v) is 4.08. The molecule has 7 nitrogen and oxygen atoms in total. The van der Waals surface area contributed by atoms with Crippen molar-refractivity contribution >= 4 is 29.0 Å². The molecule has 1 aromatic carbocycles. The van der Waals surface area contributed by atoms with Gasteiger partial charge in [0.2, 0.25) is 0 Å². The van der Waals surface area contributed by atoms with Gasteiger partial charge in [-0.05, 0) is 42.0 Å². The van der Waals surface area contributed by atoms with Crippen molar-refractivity contribution < 1.29 is 4.79 Å². The topological polar surface area (TPSA) is 79.2 Å². The van der Waals surface area contributed by atoms with Crippen LogP contribution in [0.15, 0.2) is 73.4 Å². The van der Waals surface area contributed by atoms with Crippen LogP contribution in [0.3, 0.4) is 0 Å². The molecule has 0 spiro atoms. The van der Waals surface area contributed by atoms with E-state index in [1.54, 1.807) is 29.4 Å². The molecule has 8 heteroatoms. The summed E-state index contributed by atoms with van der Waals surface area (Å²) in [4.78, 5) is 23.4. The van der Waals surface area contributed by atoms with Crippen LogP contribution in [0.2, 0.25) is 5.02 Å². The van der Waals surface area contributed by atoms with Gasteiger partial charge in [0.05, 0.1) is 29.7 Å². The molecule has 5 heterocycles. The van der Waals surface area contributed by atoms with Crippen LogP contribution in [0.5, 0.6) is 0 Å². The molecule has 6 rings (SSSR count). The number of aromatic nitrogens is 5. The largest absolute Gasteiger partial charge is 0.299 e. The second-order valence-electron chi connectivity index (χ2n) is 7.37. The Morgan fingerprint density at radius 1 is 0.935 bits per heavy atom. The lowest BCUT2D eigenvalue weighted by atomic mass is 10.0. The third kappa shape index (κ3) is 2.90. The van der Waals surface area contributed by atoms with Crippen molar-refractivity contribution in [2.45, 2.75) is 6.54 Å². The van der Waals surface area contributed by atoms with E-state index in [9.17, 15) is 4.79 Å². The first kappa shape index (κ1) is 17.9. The third-order valence-corrected chi connectivity index (χ3v) is 5.75. The number of aromatic amines is 1. The van der Waals surface area contributed by atoms with Gasteiger partial charge in [0.25, 0.3) is 5.91 Å². The molecule has 0 fully saturated rings. The maximum absolute atomic E-state index is 12.9. The first-order chi connectivity index (χ1) is 15.2. The van der Waals surface area contributed by atoms with Crippen molar-refractivity contribution in [1.82, 2.24) is 24.6 Å². The van der Waals surface area contributed by atoms with Crippen LogP contribution in [-0.4, -0.2) is 30.5 Å². The zero-order chi connectivity index (χ0) is 20.9. The molecule has 31 heavy (non-hydrogen) atoms. The number of H-pyrrole nitrogens is 1. The highest BCUT2D eigenvalue weighted by Crippen LogP contribution is 2.32. The molecule has 0 saturated carbocycles. The fraction of sp³-hybridized carbons (Fsp3) is 0.0435. The minimum Gasteiger partial charge on any atom is -0.299 e. The Kier molecular flexibility index (Phi) is 3.91. The Bertz CT molecular complexity index is 1440. The Labute approximate surface area is 182 Å². The molecule has 0 atom stereocenters. The zero-order valence-corrected chi connectivity index (χ0v) is 16.9. The van der Waals surface area contributed by atoms with Gasteiger partial charge in [-0.15, -0.1) is 0 Å². The Balaban J connectivity index is 1.39. The first-order valence-corrected chi connectivity index (χ1v) is 10.1. The lowest BCUT2D eigenvalue weighted by Gasteiger charge is -2.13. The van der Waals surface area contributed by atoms with Crippen molar-refractivity contribution in [3.63, 3.8) is 0 Å². The van der Waals surface area contributed by atoms with Gasteiger partial charge in [-0.3, -0.25) is 19.2 Å². The highest BCUT2D eigenvalue weighted by atomic mass is 35.5. The maximum atomic E-state index is 12.9. The summed E-state index contributed by atoms with van der Waals surface area (Å²) in [6, 6.07) is 13.4. The number of nitrogens with one attached hydrogen (secondary N) is 1. The number of amides is 1. The summed E-state index contributed by atoms with van der Waals surface area (Å²) < 4.78 is 2.05. The number of fused-ring (bicyclic) bond motifs is 2. The van der Waals surface area contributed by atoms with Crippen molar-refractivity contribution in [3.8, 4) is 22.4 Å². The summed E-state index contributed by atoms with van der Waals surface area (Å²) in [6.07, 6.45) is 9.10. The number of rotatable bonds is 3. The maximum Gasteiger partial charge on any atom is 0.260 e. The molecule has 150 valence electrons. The normalized spacial score (nSPS) is 13.2. The van der Waals surface area contributed by atoms with Crippen molar-refractivity contribution in [3.05, 3.63) is 89.6 Å². The summed E-state index contributed by atoms with van der Waals surface area (Å²) in [6.45, 7) is 0.466. The van der Waals surface area contributed by atoms with E-state index in [1.165, 1.54) is 0 Å². The summed E-state index contributed by atoms with van der Waals surface area (Å²) in [5, 5.41) is 7.42. The highest BCUT2D eigenvalue weighted by Gasteiger charge is 2.29. The molecule has 4 aromatic heterocycles. The van der Waals surface area contributed by atoms with E-state index in [1.807, 2.05) is 42.9 Å². The van der Waals surface area contributed by atoms with Crippen LogP contribution in [-0.2, 0) is 6.54 Å². The van der Waals surface area contributed by atoms with E-state index in [0.29, 0.717) is 22.9 Å². The van der Waals surface area contributed by atoms with Gasteiger partial charge >= 0.3 is 0 Å². The second kappa shape index (κ2) is 6.78. The Morgan fingerprint density at radius 2 is 1.84 bits per heavy atom. The monoisotopic (exact) mass is 426 g/mol. The van der Waals surface area contributed by atoms with Gasteiger partial charge in [-0.1, -0.05) is 17.7 Å². The summed E-state index contributed by atoms with van der Waals surface area (Å²) in [5.41, 5.74) is 6.50. The number of halogens is 1. The van der Waals surface area contributed by atoms with Crippen LogP contribution < -0.4 is 4.90 Å². The van der Waals surface area contributed by atoms with Crippen molar-refractivity contribution in [2.24, 2.45) is 0 Å². The molecule has 0 bridgehead atoms. The second-order valence-corrected chi connectivity index (χ2v) is 7.81. The molecule has 0 unspecified atom stereocenters. The van der Waals surface area contributed by atoms with Gasteiger partial charge in [0.1, 0.15) is 11.5 Å². The SMILES string of the molecule is O=C1c2ccc(-c3cnc4ccc(-c5cn[nH]c5)cn34)cc2CN1c1ccc(Cl)cn1. The Hall–Kier alpha value is -3.97. The minimum atomic E-state index is -0.0586. The van der Waals surface area contributed by atoms with Crippen molar-refractivity contribution in [2.75, 3.05) is 4.90 Å². The molecule has 1 aliphatic heterocycles. The van der Waals surface area contributed by atoms with Crippen LogP contribution >= 0.6 is 11.6 Å². The number of pyridine rings is 2. The van der Waals surface area contributed by atoms with Crippen molar-refractivity contribution in [1.29, 1.82) is 0 Å². The van der Waals surface area contributed by atoms with Gasteiger partial charge in [0.15, 0.2) is 0 Å². The molecule has 5 aromatic rings. The zero-order valence-electron chi connectivity index (χ0n) is 16.2. The van der Waals surface area contributed by atoms with Crippen LogP contribution in [0, 0.1) is 0 Å². The van der Waals surface area contributed by atoms with Crippen LogP contribution in [0.25, 0.3) is 28.0 Å². The standard InChI is InChI=1S/C23H15ClN6O/c24-18-3-6-22(25-10-18)30-13-16-7-14(1-4-19(16)23(30)31)20-11-26-21-5-2-15(12-29(20)21)17-8-27-28-9-17/h1-12H,13H2,(H,27,28).